The summed E-state index contributed by atoms with van der Waals surface area (Å²) in [6.07, 6.45) is 1.80. The summed E-state index contributed by atoms with van der Waals surface area (Å²) in [7, 11) is 0. The molecule has 0 fully saturated rings. The maximum atomic E-state index is 12.9. The topological polar surface area (TPSA) is 36.0 Å². The summed E-state index contributed by atoms with van der Waals surface area (Å²) in [5.41, 5.74) is 3.96. The van der Waals surface area contributed by atoms with Crippen molar-refractivity contribution in [2.45, 2.75) is 11.0 Å². The van der Waals surface area contributed by atoms with E-state index in [-0.39, 0.29) is 5.25 Å². The molecule has 4 heteroatoms. The van der Waals surface area contributed by atoms with Gasteiger partial charge in [-0.3, -0.25) is 4.98 Å². The first kappa shape index (κ1) is 14.3. The molecule has 3 rings (SSSR count). The zero-order chi connectivity index (χ0) is 14.5. The monoisotopic (exact) mass is 313 g/mol. The minimum Gasteiger partial charge on any atom is -0.615 e. The first-order valence-corrected chi connectivity index (χ1v) is 8.95. The van der Waals surface area contributed by atoms with Crippen LogP contribution in [0.1, 0.15) is 21.3 Å². The van der Waals surface area contributed by atoms with Gasteiger partial charge in [-0.05, 0) is 11.2 Å². The molecule has 0 amide bonds. The third-order valence-electron chi connectivity index (χ3n) is 3.24. The lowest BCUT2D eigenvalue weighted by Gasteiger charge is -2.22. The fraction of sp³-hybridized carbons (Fsp3) is 0.118. The highest BCUT2D eigenvalue weighted by Gasteiger charge is 2.27. The van der Waals surface area contributed by atoms with Crippen LogP contribution in [0.25, 0.3) is 0 Å². The fourth-order valence-corrected chi connectivity index (χ4v) is 4.73. The SMILES string of the molecule is [O-][S@+](Cc1cncs1)C(c1ccccc1)c1ccccc1. The number of rotatable bonds is 5. The molecule has 1 atom stereocenters. The van der Waals surface area contributed by atoms with Crippen LogP contribution in [0.4, 0.5) is 0 Å². The van der Waals surface area contributed by atoms with Crippen LogP contribution in [0.5, 0.6) is 0 Å². The molecule has 0 N–H and O–H groups in total. The van der Waals surface area contributed by atoms with Gasteiger partial charge in [-0.25, -0.2) is 0 Å². The molecule has 0 saturated carbocycles. The predicted octanol–water partition coefficient (Wildman–Crippen LogP) is 4.18. The van der Waals surface area contributed by atoms with Crippen LogP contribution in [0.2, 0.25) is 0 Å². The third kappa shape index (κ3) is 3.53. The highest BCUT2D eigenvalue weighted by molar-refractivity contribution is 7.91. The Bertz CT molecular complexity index is 616. The quantitative estimate of drug-likeness (QED) is 0.662. The molecule has 0 aliphatic rings. The molecule has 1 aromatic heterocycles. The van der Waals surface area contributed by atoms with Crippen LogP contribution >= 0.6 is 11.3 Å². The average molecular weight is 313 g/mol. The van der Waals surface area contributed by atoms with E-state index in [1.54, 1.807) is 23.0 Å². The van der Waals surface area contributed by atoms with Gasteiger partial charge in [0.1, 0.15) is 5.75 Å². The van der Waals surface area contributed by atoms with E-state index in [1.807, 2.05) is 60.7 Å². The van der Waals surface area contributed by atoms with Crippen molar-refractivity contribution in [3.63, 3.8) is 0 Å². The summed E-state index contributed by atoms with van der Waals surface area (Å²) < 4.78 is 12.9. The van der Waals surface area contributed by atoms with Gasteiger partial charge in [0, 0.05) is 17.3 Å². The van der Waals surface area contributed by atoms with Crippen molar-refractivity contribution in [2.75, 3.05) is 0 Å². The van der Waals surface area contributed by atoms with Crippen molar-refractivity contribution in [3.8, 4) is 0 Å². The molecule has 106 valence electrons. The molecule has 0 spiro atoms. The van der Waals surface area contributed by atoms with Crippen LogP contribution < -0.4 is 0 Å². The van der Waals surface area contributed by atoms with Crippen LogP contribution in [0.15, 0.2) is 72.4 Å². The van der Waals surface area contributed by atoms with E-state index < -0.39 is 11.2 Å². The smallest absolute Gasteiger partial charge is 0.166 e. The average Bonchev–Trinajstić information content (AvgIpc) is 3.02. The summed E-state index contributed by atoms with van der Waals surface area (Å²) in [6.45, 7) is 0. The molecule has 2 aromatic carbocycles. The number of hydrogen-bond acceptors (Lipinski definition) is 3. The van der Waals surface area contributed by atoms with Gasteiger partial charge in [0.2, 0.25) is 0 Å². The van der Waals surface area contributed by atoms with E-state index in [2.05, 4.69) is 4.98 Å². The Kier molecular flexibility index (Phi) is 4.70. The summed E-state index contributed by atoms with van der Waals surface area (Å²) >= 11 is 0.536. The van der Waals surface area contributed by atoms with Crippen molar-refractivity contribution < 1.29 is 4.55 Å². The van der Waals surface area contributed by atoms with Gasteiger partial charge in [-0.15, -0.1) is 11.3 Å². The van der Waals surface area contributed by atoms with Gasteiger partial charge in [0.15, 0.2) is 5.25 Å². The highest BCUT2D eigenvalue weighted by Crippen LogP contribution is 2.32. The van der Waals surface area contributed by atoms with Gasteiger partial charge in [-0.2, -0.15) is 0 Å². The van der Waals surface area contributed by atoms with E-state index in [4.69, 9.17) is 0 Å². The normalized spacial score (nSPS) is 12.5. The van der Waals surface area contributed by atoms with Crippen LogP contribution in [0, 0.1) is 0 Å². The summed E-state index contributed by atoms with van der Waals surface area (Å²) in [4.78, 5) is 5.12. The fourth-order valence-electron chi connectivity index (χ4n) is 2.29. The Balaban J connectivity index is 1.92. The van der Waals surface area contributed by atoms with Gasteiger partial charge < -0.3 is 4.55 Å². The first-order valence-electron chi connectivity index (χ1n) is 6.69. The minimum absolute atomic E-state index is 0.102. The number of thiazole rings is 1. The standard InChI is InChI=1S/C17H15NOS2/c19-21(12-16-11-18-13-20-16)17(14-7-3-1-4-8-14)15-9-5-2-6-10-15/h1-11,13,17H,12H2/t21-/m1/s1. The van der Waals surface area contributed by atoms with E-state index >= 15 is 0 Å². The zero-order valence-corrected chi connectivity index (χ0v) is 13.0. The summed E-state index contributed by atoms with van der Waals surface area (Å²) in [6, 6.07) is 20.1. The minimum atomic E-state index is -1.02. The molecule has 0 radical (unpaired) electrons. The van der Waals surface area contributed by atoms with Gasteiger partial charge in [-0.1, -0.05) is 60.7 Å². The molecule has 0 unspecified atom stereocenters. The summed E-state index contributed by atoms with van der Waals surface area (Å²) in [5.74, 6) is 0.541. The number of hydrogen-bond donors (Lipinski definition) is 0. The van der Waals surface area contributed by atoms with Crippen LogP contribution in [0.3, 0.4) is 0 Å². The molecule has 0 saturated heterocycles. The largest absolute Gasteiger partial charge is 0.615 e. The van der Waals surface area contributed by atoms with Gasteiger partial charge in [0.25, 0.3) is 0 Å². The van der Waals surface area contributed by atoms with Crippen molar-refractivity contribution in [2.24, 2.45) is 0 Å². The third-order valence-corrected chi connectivity index (χ3v) is 5.86. The van der Waals surface area contributed by atoms with Crippen molar-refractivity contribution in [3.05, 3.63) is 88.4 Å². The van der Waals surface area contributed by atoms with E-state index in [0.29, 0.717) is 5.75 Å². The molecular weight excluding hydrogens is 298 g/mol. The van der Waals surface area contributed by atoms with E-state index in [9.17, 15) is 4.55 Å². The maximum absolute atomic E-state index is 12.9. The van der Waals surface area contributed by atoms with E-state index in [1.165, 1.54) is 0 Å². The van der Waals surface area contributed by atoms with E-state index in [0.717, 1.165) is 16.0 Å². The van der Waals surface area contributed by atoms with Gasteiger partial charge in [0.05, 0.1) is 10.4 Å². The lowest BCUT2D eigenvalue weighted by molar-refractivity contribution is 0.587. The highest BCUT2D eigenvalue weighted by atomic mass is 32.2. The number of benzene rings is 2. The Morgan fingerprint density at radius 1 is 0.952 bits per heavy atom. The van der Waals surface area contributed by atoms with Crippen molar-refractivity contribution >= 4 is 22.5 Å². The molecule has 0 bridgehead atoms. The second-order valence-electron chi connectivity index (χ2n) is 4.69. The first-order chi connectivity index (χ1) is 10.3. The second kappa shape index (κ2) is 6.89. The molecule has 2 nitrogen and oxygen atoms in total. The van der Waals surface area contributed by atoms with Gasteiger partial charge >= 0.3 is 0 Å². The number of nitrogens with zero attached hydrogens (tertiary/aromatic N) is 1. The molecule has 1 heterocycles. The lowest BCUT2D eigenvalue weighted by Crippen LogP contribution is -2.16. The Morgan fingerprint density at radius 2 is 1.52 bits per heavy atom. The van der Waals surface area contributed by atoms with Crippen LogP contribution in [-0.2, 0) is 16.9 Å². The van der Waals surface area contributed by atoms with Crippen LogP contribution in [-0.4, -0.2) is 9.54 Å². The molecule has 21 heavy (non-hydrogen) atoms. The number of aromatic nitrogens is 1. The van der Waals surface area contributed by atoms with Crippen molar-refractivity contribution in [1.29, 1.82) is 0 Å². The second-order valence-corrected chi connectivity index (χ2v) is 7.19. The Morgan fingerprint density at radius 3 is 2.00 bits per heavy atom. The van der Waals surface area contributed by atoms with Crippen molar-refractivity contribution in [1.82, 2.24) is 4.98 Å². The molecular formula is C17H15NOS2. The predicted molar refractivity (Wildman–Crippen MR) is 88.7 cm³/mol. The maximum Gasteiger partial charge on any atom is 0.166 e. The molecule has 3 aromatic rings. The summed E-state index contributed by atoms with van der Waals surface area (Å²) in [5, 5.41) is -0.102. The Hall–Kier alpha value is -1.62. The molecule has 0 aliphatic heterocycles. The lowest BCUT2D eigenvalue weighted by atomic mass is 10.0. The Labute approximate surface area is 131 Å². The zero-order valence-electron chi connectivity index (χ0n) is 11.4. The molecule has 0 aliphatic carbocycles.